The second-order valence-corrected chi connectivity index (χ2v) is 3.39. The summed E-state index contributed by atoms with van der Waals surface area (Å²) in [5, 5.41) is 2.99. The van der Waals surface area contributed by atoms with E-state index in [1.807, 2.05) is 6.20 Å². The molecule has 0 rings (SSSR count). The second kappa shape index (κ2) is 5.64. The van der Waals surface area contributed by atoms with Gasteiger partial charge in [-0.3, -0.25) is 0 Å². The Kier molecular flexibility index (Phi) is 5.18. The van der Waals surface area contributed by atoms with Crippen LogP contribution in [0.15, 0.2) is 36.2 Å². The summed E-state index contributed by atoms with van der Waals surface area (Å²) in [5.74, 6) is 0.548. The molecule has 68 valence electrons. The van der Waals surface area contributed by atoms with Gasteiger partial charge in [-0.15, -0.1) is 0 Å². The van der Waals surface area contributed by atoms with Gasteiger partial charge in [-0.2, -0.15) is 0 Å². The smallest absolute Gasteiger partial charge is 0.00391 e. The van der Waals surface area contributed by atoms with Crippen LogP contribution in [0.2, 0.25) is 0 Å². The molecule has 0 unspecified atom stereocenters. The Hall–Kier alpha value is -0.980. The van der Waals surface area contributed by atoms with E-state index in [0.29, 0.717) is 5.92 Å². The lowest BCUT2D eigenvalue weighted by Crippen LogP contribution is -1.99. The van der Waals surface area contributed by atoms with Crippen molar-refractivity contribution in [3.63, 3.8) is 0 Å². The van der Waals surface area contributed by atoms with Crippen molar-refractivity contribution in [2.75, 3.05) is 0 Å². The molecule has 12 heavy (non-hydrogen) atoms. The molecule has 0 aromatic heterocycles. The molecule has 0 spiro atoms. The fourth-order valence-electron chi connectivity index (χ4n) is 0.863. The molecule has 0 saturated carbocycles. The van der Waals surface area contributed by atoms with Gasteiger partial charge >= 0.3 is 0 Å². The first-order valence-electron chi connectivity index (χ1n) is 4.29. The van der Waals surface area contributed by atoms with Crippen molar-refractivity contribution >= 4 is 0 Å². The Morgan fingerprint density at radius 2 is 1.92 bits per heavy atom. The van der Waals surface area contributed by atoms with Crippen molar-refractivity contribution in [1.29, 1.82) is 0 Å². The molecule has 0 atom stereocenters. The Morgan fingerprint density at radius 1 is 1.33 bits per heavy atom. The Morgan fingerprint density at radius 3 is 2.25 bits per heavy atom. The Balaban J connectivity index is 4.43. The first-order chi connectivity index (χ1) is 5.57. The van der Waals surface area contributed by atoms with Crippen LogP contribution in [0.25, 0.3) is 0 Å². The van der Waals surface area contributed by atoms with Gasteiger partial charge in [0.25, 0.3) is 0 Å². The maximum absolute atomic E-state index is 3.59. The summed E-state index contributed by atoms with van der Waals surface area (Å²) in [6, 6.07) is 0. The van der Waals surface area contributed by atoms with E-state index in [9.17, 15) is 0 Å². The molecule has 0 aromatic carbocycles. The first-order valence-corrected chi connectivity index (χ1v) is 4.29. The standard InChI is InChI=1S/C11H19N/c1-6-12-8-11(10(4)5)7-9(2)3/h6-8,10,12H,1H2,2-5H3/b11-8+. The number of allylic oxidation sites excluding steroid dienone is 3. The van der Waals surface area contributed by atoms with Crippen LogP contribution in [0.3, 0.4) is 0 Å². The molecule has 1 N–H and O–H groups in total. The highest BCUT2D eigenvalue weighted by Gasteiger charge is 1.97. The highest BCUT2D eigenvalue weighted by molar-refractivity contribution is 5.23. The van der Waals surface area contributed by atoms with Gasteiger partial charge in [-0.1, -0.05) is 32.1 Å². The number of rotatable bonds is 4. The van der Waals surface area contributed by atoms with Crippen LogP contribution in [0.1, 0.15) is 27.7 Å². The van der Waals surface area contributed by atoms with Crippen molar-refractivity contribution in [2.45, 2.75) is 27.7 Å². The fourth-order valence-corrected chi connectivity index (χ4v) is 0.863. The lowest BCUT2D eigenvalue weighted by molar-refractivity contribution is 0.781. The minimum atomic E-state index is 0.548. The summed E-state index contributed by atoms with van der Waals surface area (Å²) in [7, 11) is 0. The average Bonchev–Trinajstić information content (AvgIpc) is 1.96. The van der Waals surface area contributed by atoms with Crippen molar-refractivity contribution in [3.8, 4) is 0 Å². The summed E-state index contributed by atoms with van der Waals surface area (Å²) >= 11 is 0. The number of nitrogens with one attached hydrogen (secondary N) is 1. The fraction of sp³-hybridized carbons (Fsp3) is 0.455. The van der Waals surface area contributed by atoms with Crippen LogP contribution in [0.5, 0.6) is 0 Å². The molecular weight excluding hydrogens is 146 g/mol. The molecule has 0 aliphatic rings. The summed E-state index contributed by atoms with van der Waals surface area (Å²) < 4.78 is 0. The van der Waals surface area contributed by atoms with Crippen molar-refractivity contribution < 1.29 is 0 Å². The molecule has 0 saturated heterocycles. The van der Waals surface area contributed by atoms with Crippen LogP contribution in [0, 0.1) is 5.92 Å². The van der Waals surface area contributed by atoms with Crippen LogP contribution in [-0.2, 0) is 0 Å². The highest BCUT2D eigenvalue weighted by atomic mass is 14.8. The zero-order valence-corrected chi connectivity index (χ0v) is 8.52. The Bertz CT molecular complexity index is 193. The van der Waals surface area contributed by atoms with E-state index in [-0.39, 0.29) is 0 Å². The Labute approximate surface area is 75.9 Å². The predicted molar refractivity (Wildman–Crippen MR) is 55.7 cm³/mol. The van der Waals surface area contributed by atoms with Crippen LogP contribution >= 0.6 is 0 Å². The van der Waals surface area contributed by atoms with Gasteiger partial charge in [0, 0.05) is 6.20 Å². The predicted octanol–water partition coefficient (Wildman–Crippen LogP) is 3.23. The van der Waals surface area contributed by atoms with Crippen molar-refractivity contribution in [3.05, 3.63) is 36.2 Å². The van der Waals surface area contributed by atoms with Gasteiger partial charge in [0.15, 0.2) is 0 Å². The van der Waals surface area contributed by atoms with Crippen molar-refractivity contribution in [1.82, 2.24) is 5.32 Å². The van der Waals surface area contributed by atoms with E-state index < -0.39 is 0 Å². The topological polar surface area (TPSA) is 12.0 Å². The van der Waals surface area contributed by atoms with E-state index in [2.05, 4.69) is 45.7 Å². The van der Waals surface area contributed by atoms with E-state index in [1.165, 1.54) is 11.1 Å². The summed E-state index contributed by atoms with van der Waals surface area (Å²) in [6.45, 7) is 12.2. The van der Waals surface area contributed by atoms with E-state index in [4.69, 9.17) is 0 Å². The molecule has 0 aliphatic carbocycles. The molecule has 0 aliphatic heterocycles. The quantitative estimate of drug-likeness (QED) is 0.631. The molecule has 0 fully saturated rings. The normalized spacial score (nSPS) is 11.2. The van der Waals surface area contributed by atoms with E-state index in [0.717, 1.165) is 0 Å². The largest absolute Gasteiger partial charge is 0.368 e. The van der Waals surface area contributed by atoms with Crippen molar-refractivity contribution in [2.24, 2.45) is 5.92 Å². The molecule has 1 heteroatoms. The zero-order valence-electron chi connectivity index (χ0n) is 8.52. The van der Waals surface area contributed by atoms with Gasteiger partial charge < -0.3 is 5.32 Å². The third-order valence-electron chi connectivity index (χ3n) is 1.49. The molecule has 1 nitrogen and oxygen atoms in total. The molecule has 0 bridgehead atoms. The van der Waals surface area contributed by atoms with E-state index in [1.54, 1.807) is 6.20 Å². The highest BCUT2D eigenvalue weighted by Crippen LogP contribution is 2.11. The maximum atomic E-state index is 3.59. The van der Waals surface area contributed by atoms with Crippen LogP contribution in [-0.4, -0.2) is 0 Å². The summed E-state index contributed by atoms with van der Waals surface area (Å²) in [6.07, 6.45) is 5.85. The monoisotopic (exact) mass is 165 g/mol. The lowest BCUT2D eigenvalue weighted by Gasteiger charge is -2.06. The second-order valence-electron chi connectivity index (χ2n) is 3.39. The summed E-state index contributed by atoms with van der Waals surface area (Å²) in [4.78, 5) is 0. The average molecular weight is 165 g/mol. The molecular formula is C11H19N. The zero-order chi connectivity index (χ0) is 9.56. The van der Waals surface area contributed by atoms with Crippen LogP contribution < -0.4 is 5.32 Å². The van der Waals surface area contributed by atoms with Gasteiger partial charge in [0.05, 0.1) is 0 Å². The lowest BCUT2D eigenvalue weighted by atomic mass is 10.0. The molecule has 0 radical (unpaired) electrons. The minimum Gasteiger partial charge on any atom is -0.368 e. The minimum absolute atomic E-state index is 0.548. The summed E-state index contributed by atoms with van der Waals surface area (Å²) in [5.41, 5.74) is 2.62. The maximum Gasteiger partial charge on any atom is 0.00391 e. The third kappa shape index (κ3) is 4.78. The SMILES string of the molecule is C=CN/C=C(\C=C(C)C)C(C)C. The van der Waals surface area contributed by atoms with Gasteiger partial charge in [-0.25, -0.2) is 0 Å². The van der Waals surface area contributed by atoms with Gasteiger partial charge in [-0.05, 0) is 31.5 Å². The number of hydrogen-bond donors (Lipinski definition) is 1. The first kappa shape index (κ1) is 11.0. The molecule has 0 amide bonds. The third-order valence-corrected chi connectivity index (χ3v) is 1.49. The number of hydrogen-bond acceptors (Lipinski definition) is 1. The molecule has 0 heterocycles. The van der Waals surface area contributed by atoms with Crippen LogP contribution in [0.4, 0.5) is 0 Å². The van der Waals surface area contributed by atoms with Gasteiger partial charge in [0.2, 0.25) is 0 Å². The van der Waals surface area contributed by atoms with E-state index >= 15 is 0 Å². The van der Waals surface area contributed by atoms with Gasteiger partial charge in [0.1, 0.15) is 0 Å². The molecule has 0 aromatic rings.